The molecular weight excluding hydrogens is 340 g/mol. The first-order chi connectivity index (χ1) is 13.1. The highest BCUT2D eigenvalue weighted by molar-refractivity contribution is 6.03. The molecule has 0 saturated heterocycles. The maximum absolute atomic E-state index is 4.72. The van der Waals surface area contributed by atoms with Crippen LogP contribution in [0.4, 0.5) is 0 Å². The Kier molecular flexibility index (Phi) is 4.26. The minimum Gasteiger partial charge on any atom is -0.256 e. The molecule has 2 nitrogen and oxygen atoms in total. The van der Waals surface area contributed by atoms with E-state index in [1.165, 1.54) is 33.0 Å². The molecule has 2 aromatic carbocycles. The van der Waals surface area contributed by atoms with Gasteiger partial charge in [-0.2, -0.15) is 0 Å². The van der Waals surface area contributed by atoms with Crippen LogP contribution in [0.5, 0.6) is 0 Å². The Hall–Kier alpha value is -2.74. The maximum Gasteiger partial charge on any atom is 0.0780 e. The van der Waals surface area contributed by atoms with Gasteiger partial charge in [-0.3, -0.25) is 9.97 Å². The van der Waals surface area contributed by atoms with Crippen molar-refractivity contribution >= 4 is 21.8 Å². The Morgan fingerprint density at radius 2 is 1.39 bits per heavy atom. The first kappa shape index (κ1) is 18.6. The van der Waals surface area contributed by atoms with Gasteiger partial charge in [-0.05, 0) is 57.9 Å². The van der Waals surface area contributed by atoms with Gasteiger partial charge < -0.3 is 0 Å². The molecule has 28 heavy (non-hydrogen) atoms. The van der Waals surface area contributed by atoms with Crippen molar-refractivity contribution in [1.82, 2.24) is 9.97 Å². The summed E-state index contributed by atoms with van der Waals surface area (Å²) < 4.78 is 0. The fourth-order valence-electron chi connectivity index (χ4n) is 3.68. The third kappa shape index (κ3) is 3.28. The molecule has 0 aliphatic heterocycles. The summed E-state index contributed by atoms with van der Waals surface area (Å²) in [7, 11) is 0. The molecule has 0 amide bonds. The average Bonchev–Trinajstić information content (AvgIpc) is 2.65. The normalized spacial score (nSPS) is 12.6. The summed E-state index contributed by atoms with van der Waals surface area (Å²) in [4.78, 5) is 9.40. The van der Waals surface area contributed by atoms with E-state index in [0.29, 0.717) is 0 Å². The Labute approximate surface area is 167 Å². The molecule has 0 fully saturated rings. The van der Waals surface area contributed by atoms with Gasteiger partial charge in [0, 0.05) is 28.7 Å². The van der Waals surface area contributed by atoms with E-state index in [1.807, 2.05) is 18.5 Å². The van der Waals surface area contributed by atoms with Crippen molar-refractivity contribution in [1.29, 1.82) is 0 Å². The molecule has 142 valence electrons. The minimum atomic E-state index is 0.0705. The number of pyridine rings is 2. The SMILES string of the molecule is CC(C)(C)c1cc(-c2ccnc3cc(C(C)(C)C)ccc23)c2ncccc2c1. The summed E-state index contributed by atoms with van der Waals surface area (Å²) in [6, 6.07) is 17.5. The second-order valence-electron chi connectivity index (χ2n) is 9.69. The lowest BCUT2D eigenvalue weighted by atomic mass is 9.83. The first-order valence-electron chi connectivity index (χ1n) is 9.93. The number of nitrogens with zero attached hydrogens (tertiary/aromatic N) is 2. The topological polar surface area (TPSA) is 25.8 Å². The Morgan fingerprint density at radius 3 is 2.11 bits per heavy atom. The van der Waals surface area contributed by atoms with E-state index in [0.717, 1.165) is 11.0 Å². The van der Waals surface area contributed by atoms with Crippen LogP contribution in [0.25, 0.3) is 32.9 Å². The van der Waals surface area contributed by atoms with Crippen molar-refractivity contribution in [2.24, 2.45) is 0 Å². The van der Waals surface area contributed by atoms with E-state index in [4.69, 9.17) is 4.98 Å². The van der Waals surface area contributed by atoms with Crippen LogP contribution in [0.2, 0.25) is 0 Å². The minimum absolute atomic E-state index is 0.0705. The first-order valence-corrected chi connectivity index (χ1v) is 9.93. The lowest BCUT2D eigenvalue weighted by Gasteiger charge is -2.22. The molecule has 4 rings (SSSR count). The van der Waals surface area contributed by atoms with Gasteiger partial charge in [-0.1, -0.05) is 59.7 Å². The zero-order chi connectivity index (χ0) is 20.1. The monoisotopic (exact) mass is 368 g/mol. The summed E-state index contributed by atoms with van der Waals surface area (Å²) in [6.07, 6.45) is 3.80. The van der Waals surface area contributed by atoms with Crippen molar-refractivity contribution in [3.05, 3.63) is 72.1 Å². The molecule has 0 unspecified atom stereocenters. The Bertz CT molecular complexity index is 1170. The van der Waals surface area contributed by atoms with Crippen molar-refractivity contribution < 1.29 is 0 Å². The van der Waals surface area contributed by atoms with E-state index < -0.39 is 0 Å². The highest BCUT2D eigenvalue weighted by atomic mass is 14.7. The van der Waals surface area contributed by atoms with Gasteiger partial charge in [0.1, 0.15) is 0 Å². The molecule has 2 heteroatoms. The van der Waals surface area contributed by atoms with Crippen LogP contribution in [0.3, 0.4) is 0 Å². The van der Waals surface area contributed by atoms with Gasteiger partial charge in [0.2, 0.25) is 0 Å². The van der Waals surface area contributed by atoms with Crippen LogP contribution < -0.4 is 0 Å². The fraction of sp³-hybridized carbons (Fsp3) is 0.308. The van der Waals surface area contributed by atoms with Gasteiger partial charge in [-0.25, -0.2) is 0 Å². The lowest BCUT2D eigenvalue weighted by molar-refractivity contribution is 0.590. The van der Waals surface area contributed by atoms with Gasteiger partial charge in [0.25, 0.3) is 0 Å². The quantitative estimate of drug-likeness (QED) is 0.360. The number of hydrogen-bond acceptors (Lipinski definition) is 2. The Balaban J connectivity index is 2.04. The number of fused-ring (bicyclic) bond motifs is 2. The molecular formula is C26H28N2. The third-order valence-corrected chi connectivity index (χ3v) is 5.47. The van der Waals surface area contributed by atoms with Crippen molar-refractivity contribution in [2.75, 3.05) is 0 Å². The van der Waals surface area contributed by atoms with E-state index >= 15 is 0 Å². The molecule has 0 saturated carbocycles. The van der Waals surface area contributed by atoms with Crippen LogP contribution >= 0.6 is 0 Å². The van der Waals surface area contributed by atoms with E-state index in [9.17, 15) is 0 Å². The summed E-state index contributed by atoms with van der Waals surface area (Å²) >= 11 is 0. The van der Waals surface area contributed by atoms with Crippen LogP contribution in [0.1, 0.15) is 52.7 Å². The summed E-state index contributed by atoms with van der Waals surface area (Å²) in [6.45, 7) is 13.5. The molecule has 0 radical (unpaired) electrons. The summed E-state index contributed by atoms with van der Waals surface area (Å²) in [5.41, 5.74) is 7.25. The molecule has 0 bridgehead atoms. The van der Waals surface area contributed by atoms with Crippen LogP contribution in [0.15, 0.2) is 60.9 Å². The van der Waals surface area contributed by atoms with Crippen LogP contribution in [-0.4, -0.2) is 9.97 Å². The number of hydrogen-bond donors (Lipinski definition) is 0. The smallest absolute Gasteiger partial charge is 0.0780 e. The third-order valence-electron chi connectivity index (χ3n) is 5.47. The molecule has 2 aromatic heterocycles. The zero-order valence-electron chi connectivity index (χ0n) is 17.7. The van der Waals surface area contributed by atoms with Gasteiger partial charge in [0.05, 0.1) is 11.0 Å². The fourth-order valence-corrected chi connectivity index (χ4v) is 3.68. The standard InChI is InChI=1S/C26H28N2/c1-25(2,3)18-9-10-21-20(11-13-27-23(21)16-18)22-15-19(26(4,5)6)14-17-8-7-12-28-24(17)22/h7-16H,1-6H3. The Morgan fingerprint density at radius 1 is 0.643 bits per heavy atom. The van der Waals surface area contributed by atoms with Crippen molar-refractivity contribution in [3.63, 3.8) is 0 Å². The largest absolute Gasteiger partial charge is 0.256 e. The maximum atomic E-state index is 4.72. The average molecular weight is 369 g/mol. The number of rotatable bonds is 1. The van der Waals surface area contributed by atoms with Crippen LogP contribution in [-0.2, 0) is 10.8 Å². The molecule has 0 aliphatic carbocycles. The van der Waals surface area contributed by atoms with Gasteiger partial charge >= 0.3 is 0 Å². The molecule has 0 atom stereocenters. The lowest BCUT2D eigenvalue weighted by Crippen LogP contribution is -2.11. The zero-order valence-corrected chi connectivity index (χ0v) is 17.7. The second-order valence-corrected chi connectivity index (χ2v) is 9.69. The highest BCUT2D eigenvalue weighted by Gasteiger charge is 2.19. The predicted octanol–water partition coefficient (Wildman–Crippen LogP) is 7.05. The molecule has 0 spiro atoms. The number of benzene rings is 2. The van der Waals surface area contributed by atoms with E-state index in [1.54, 1.807) is 0 Å². The second kappa shape index (κ2) is 6.41. The number of aromatic nitrogens is 2. The molecule has 2 heterocycles. The summed E-state index contributed by atoms with van der Waals surface area (Å²) in [5, 5.41) is 2.36. The molecule has 0 N–H and O–H groups in total. The van der Waals surface area contributed by atoms with Crippen molar-refractivity contribution in [3.8, 4) is 11.1 Å². The molecule has 0 aliphatic rings. The highest BCUT2D eigenvalue weighted by Crippen LogP contribution is 2.37. The summed E-state index contributed by atoms with van der Waals surface area (Å²) in [5.74, 6) is 0. The molecule has 4 aromatic rings. The van der Waals surface area contributed by atoms with E-state index in [-0.39, 0.29) is 10.8 Å². The van der Waals surface area contributed by atoms with Crippen LogP contribution in [0, 0.1) is 0 Å². The van der Waals surface area contributed by atoms with Gasteiger partial charge in [0.15, 0.2) is 0 Å². The van der Waals surface area contributed by atoms with Crippen molar-refractivity contribution in [2.45, 2.75) is 52.4 Å². The van der Waals surface area contributed by atoms with Gasteiger partial charge in [-0.15, -0.1) is 0 Å². The predicted molar refractivity (Wildman–Crippen MR) is 120 cm³/mol. The van der Waals surface area contributed by atoms with E-state index in [2.05, 4.69) is 89.0 Å².